The van der Waals surface area contributed by atoms with Crippen molar-refractivity contribution in [2.75, 3.05) is 17.7 Å². The third-order valence-corrected chi connectivity index (χ3v) is 4.11. The number of methoxy groups -OCH3 is 1. The number of nitro groups is 1. The maximum atomic E-state index is 11.7. The van der Waals surface area contributed by atoms with Gasteiger partial charge in [0, 0.05) is 5.02 Å². The van der Waals surface area contributed by atoms with Gasteiger partial charge in [-0.15, -0.1) is 0 Å². The van der Waals surface area contributed by atoms with E-state index < -0.39 is 4.92 Å². The fraction of sp³-hybridized carbons (Fsp3) is 0.0588. The van der Waals surface area contributed by atoms with Gasteiger partial charge in [-0.05, 0) is 30.3 Å². The van der Waals surface area contributed by atoms with Crippen molar-refractivity contribution in [1.29, 1.82) is 0 Å². The van der Waals surface area contributed by atoms with Crippen LogP contribution in [-0.2, 0) is 0 Å². The number of anilines is 4. The Balaban J connectivity index is 2.03. The van der Waals surface area contributed by atoms with Gasteiger partial charge in [0.1, 0.15) is 12.1 Å². The summed E-state index contributed by atoms with van der Waals surface area (Å²) >= 11 is 12.1. The van der Waals surface area contributed by atoms with Crippen molar-refractivity contribution >= 4 is 51.9 Å². The van der Waals surface area contributed by atoms with Crippen LogP contribution in [0.15, 0.2) is 48.8 Å². The summed E-state index contributed by atoms with van der Waals surface area (Å²) in [5.41, 5.74) is 0.558. The van der Waals surface area contributed by atoms with Gasteiger partial charge in [0.15, 0.2) is 0 Å². The maximum absolute atomic E-state index is 11.7. The maximum Gasteiger partial charge on any atom is 0.353 e. The van der Waals surface area contributed by atoms with Crippen LogP contribution in [0.25, 0.3) is 0 Å². The lowest BCUT2D eigenvalue weighted by Crippen LogP contribution is -2.06. The van der Waals surface area contributed by atoms with E-state index in [2.05, 4.69) is 20.6 Å². The molecule has 0 saturated carbocycles. The van der Waals surface area contributed by atoms with Crippen LogP contribution in [0.1, 0.15) is 0 Å². The average molecular weight is 406 g/mol. The van der Waals surface area contributed by atoms with Crippen molar-refractivity contribution in [2.45, 2.75) is 0 Å². The van der Waals surface area contributed by atoms with Crippen LogP contribution in [0.2, 0.25) is 10.0 Å². The molecule has 0 fully saturated rings. The summed E-state index contributed by atoms with van der Waals surface area (Å²) < 4.78 is 5.25. The molecule has 0 atom stereocenters. The minimum Gasteiger partial charge on any atom is -0.495 e. The van der Waals surface area contributed by atoms with E-state index in [0.29, 0.717) is 27.2 Å². The molecule has 1 aromatic heterocycles. The van der Waals surface area contributed by atoms with E-state index in [0.717, 1.165) is 0 Å². The van der Waals surface area contributed by atoms with Crippen LogP contribution >= 0.6 is 23.2 Å². The molecule has 3 aromatic rings. The standard InChI is InChI=1S/C17H13Cl2N5O3/c1-27-14-5-3-2-4-12(14)22-16-15(24(25)26)17(21-9-20-16)23-13-8-10(18)6-7-11(13)19/h2-9H,1H3,(H2,20,21,22,23). The molecule has 0 amide bonds. The molecule has 0 spiro atoms. The predicted octanol–water partition coefficient (Wildman–Crippen LogP) is 5.19. The molecule has 3 rings (SSSR count). The smallest absolute Gasteiger partial charge is 0.353 e. The fourth-order valence-corrected chi connectivity index (χ4v) is 2.67. The molecule has 2 N–H and O–H groups in total. The molecule has 0 aliphatic carbocycles. The van der Waals surface area contributed by atoms with Crippen molar-refractivity contribution in [3.8, 4) is 5.75 Å². The molecule has 0 aliphatic heterocycles. The molecular weight excluding hydrogens is 393 g/mol. The highest BCUT2D eigenvalue weighted by Gasteiger charge is 2.24. The minimum absolute atomic E-state index is 0.000139. The third-order valence-electron chi connectivity index (χ3n) is 3.55. The molecule has 138 valence electrons. The number of para-hydroxylation sites is 2. The van der Waals surface area contributed by atoms with Gasteiger partial charge >= 0.3 is 5.69 Å². The van der Waals surface area contributed by atoms with Gasteiger partial charge in [-0.3, -0.25) is 10.1 Å². The highest BCUT2D eigenvalue weighted by atomic mass is 35.5. The average Bonchev–Trinajstić information content (AvgIpc) is 2.65. The summed E-state index contributed by atoms with van der Waals surface area (Å²) in [4.78, 5) is 19.1. The first-order valence-electron chi connectivity index (χ1n) is 7.61. The summed E-state index contributed by atoms with van der Waals surface area (Å²) in [6, 6.07) is 11.7. The Labute approximate surface area is 164 Å². The summed E-state index contributed by atoms with van der Waals surface area (Å²) in [6.07, 6.45) is 1.20. The second-order valence-electron chi connectivity index (χ2n) is 5.25. The predicted molar refractivity (Wildman–Crippen MR) is 105 cm³/mol. The molecule has 0 unspecified atom stereocenters. The summed E-state index contributed by atoms with van der Waals surface area (Å²) in [7, 11) is 1.50. The number of halogens is 2. The number of benzene rings is 2. The van der Waals surface area contributed by atoms with E-state index in [9.17, 15) is 10.1 Å². The second-order valence-corrected chi connectivity index (χ2v) is 6.09. The first kappa shape index (κ1) is 18.7. The number of hydrogen-bond donors (Lipinski definition) is 2. The van der Waals surface area contributed by atoms with Gasteiger partial charge in [-0.2, -0.15) is 0 Å². The van der Waals surface area contributed by atoms with Crippen LogP contribution in [-0.4, -0.2) is 22.0 Å². The molecular formula is C17H13Cl2N5O3. The lowest BCUT2D eigenvalue weighted by atomic mass is 10.2. The van der Waals surface area contributed by atoms with E-state index in [4.69, 9.17) is 27.9 Å². The van der Waals surface area contributed by atoms with Crippen LogP contribution in [0.4, 0.5) is 28.7 Å². The topological polar surface area (TPSA) is 102 Å². The Kier molecular flexibility index (Phi) is 5.58. The van der Waals surface area contributed by atoms with Crippen LogP contribution < -0.4 is 15.4 Å². The molecule has 0 bridgehead atoms. The largest absolute Gasteiger partial charge is 0.495 e. The molecule has 1 heterocycles. The number of nitrogens with zero attached hydrogens (tertiary/aromatic N) is 3. The Morgan fingerprint density at radius 2 is 1.70 bits per heavy atom. The number of nitrogens with one attached hydrogen (secondary N) is 2. The van der Waals surface area contributed by atoms with E-state index in [-0.39, 0.29) is 17.3 Å². The molecule has 8 nitrogen and oxygen atoms in total. The summed E-state index contributed by atoms with van der Waals surface area (Å²) in [6.45, 7) is 0. The Bertz CT molecular complexity index is 1000. The van der Waals surface area contributed by atoms with E-state index >= 15 is 0 Å². The normalized spacial score (nSPS) is 10.3. The summed E-state index contributed by atoms with van der Waals surface area (Å²) in [5.74, 6) is 0.481. The number of rotatable bonds is 6. The lowest BCUT2D eigenvalue weighted by Gasteiger charge is -2.13. The van der Waals surface area contributed by atoms with Crippen molar-refractivity contribution in [1.82, 2.24) is 9.97 Å². The monoisotopic (exact) mass is 405 g/mol. The van der Waals surface area contributed by atoms with Crippen molar-refractivity contribution in [2.24, 2.45) is 0 Å². The zero-order chi connectivity index (χ0) is 19.4. The Morgan fingerprint density at radius 3 is 2.37 bits per heavy atom. The molecule has 0 radical (unpaired) electrons. The molecule has 27 heavy (non-hydrogen) atoms. The molecule has 2 aromatic carbocycles. The highest BCUT2D eigenvalue weighted by molar-refractivity contribution is 6.35. The van der Waals surface area contributed by atoms with Crippen LogP contribution in [0.5, 0.6) is 5.75 Å². The second kappa shape index (κ2) is 8.07. The minimum atomic E-state index is -0.585. The van der Waals surface area contributed by atoms with E-state index in [1.54, 1.807) is 42.5 Å². The van der Waals surface area contributed by atoms with Gasteiger partial charge in [0.2, 0.25) is 11.6 Å². The summed E-state index contributed by atoms with van der Waals surface area (Å²) in [5, 5.41) is 18.2. The lowest BCUT2D eigenvalue weighted by molar-refractivity contribution is -0.383. The number of ether oxygens (including phenoxy) is 1. The van der Waals surface area contributed by atoms with Gasteiger partial charge in [-0.25, -0.2) is 9.97 Å². The fourth-order valence-electron chi connectivity index (χ4n) is 2.33. The van der Waals surface area contributed by atoms with Crippen molar-refractivity contribution in [3.05, 3.63) is 69.0 Å². The molecule has 0 aliphatic rings. The van der Waals surface area contributed by atoms with E-state index in [1.165, 1.54) is 13.4 Å². The number of aromatic nitrogens is 2. The highest BCUT2D eigenvalue weighted by Crippen LogP contribution is 2.37. The Morgan fingerprint density at radius 1 is 1.04 bits per heavy atom. The van der Waals surface area contributed by atoms with Gasteiger partial charge in [-0.1, -0.05) is 35.3 Å². The van der Waals surface area contributed by atoms with Crippen molar-refractivity contribution in [3.63, 3.8) is 0 Å². The molecule has 10 heteroatoms. The van der Waals surface area contributed by atoms with Gasteiger partial charge in [0.05, 0.1) is 28.4 Å². The first-order chi connectivity index (χ1) is 13.0. The number of hydrogen-bond acceptors (Lipinski definition) is 7. The van der Waals surface area contributed by atoms with Gasteiger partial charge in [0.25, 0.3) is 0 Å². The van der Waals surface area contributed by atoms with Crippen LogP contribution in [0.3, 0.4) is 0 Å². The molecule has 0 saturated heterocycles. The van der Waals surface area contributed by atoms with Gasteiger partial charge < -0.3 is 15.4 Å². The zero-order valence-corrected chi connectivity index (χ0v) is 15.5. The van der Waals surface area contributed by atoms with E-state index in [1.807, 2.05) is 0 Å². The van der Waals surface area contributed by atoms with Crippen molar-refractivity contribution < 1.29 is 9.66 Å². The third kappa shape index (κ3) is 4.18. The van der Waals surface area contributed by atoms with Crippen LogP contribution in [0, 0.1) is 10.1 Å². The Hall–Kier alpha value is -3.10. The quantitative estimate of drug-likeness (QED) is 0.429. The first-order valence-corrected chi connectivity index (χ1v) is 8.36. The zero-order valence-electron chi connectivity index (χ0n) is 13.9. The SMILES string of the molecule is COc1ccccc1Nc1ncnc(Nc2cc(Cl)ccc2Cl)c1[N+](=O)[O-].